The quantitative estimate of drug-likeness (QED) is 0.626. The topological polar surface area (TPSA) is 55.4 Å². The summed E-state index contributed by atoms with van der Waals surface area (Å²) in [7, 11) is 0. The zero-order chi connectivity index (χ0) is 12.7. The highest BCUT2D eigenvalue weighted by molar-refractivity contribution is 5.88. The van der Waals surface area contributed by atoms with Gasteiger partial charge in [-0.3, -0.25) is 9.59 Å². The van der Waals surface area contributed by atoms with E-state index in [0.717, 1.165) is 6.29 Å². The number of benzene rings is 1. The van der Waals surface area contributed by atoms with Crippen LogP contribution < -0.4 is 10.1 Å². The van der Waals surface area contributed by atoms with Crippen molar-refractivity contribution in [2.45, 2.75) is 13.8 Å². The Morgan fingerprint density at radius 3 is 2.82 bits per heavy atom. The van der Waals surface area contributed by atoms with E-state index in [-0.39, 0.29) is 5.91 Å². The maximum absolute atomic E-state index is 10.9. The van der Waals surface area contributed by atoms with E-state index < -0.39 is 0 Å². The SMILES string of the molecule is CC(=O)Nc1cccc(OC/C=C(\C)C=O)c1. The number of hydrogen-bond acceptors (Lipinski definition) is 3. The van der Waals surface area contributed by atoms with E-state index in [9.17, 15) is 9.59 Å². The third-order valence-corrected chi connectivity index (χ3v) is 2.00. The summed E-state index contributed by atoms with van der Waals surface area (Å²) >= 11 is 0. The largest absolute Gasteiger partial charge is 0.489 e. The van der Waals surface area contributed by atoms with Crippen LogP contribution in [0.5, 0.6) is 5.75 Å². The summed E-state index contributed by atoms with van der Waals surface area (Å²) in [5.41, 5.74) is 1.31. The van der Waals surface area contributed by atoms with Gasteiger partial charge in [-0.05, 0) is 30.7 Å². The molecule has 4 heteroatoms. The average Bonchev–Trinajstić information content (AvgIpc) is 2.28. The molecule has 1 amide bonds. The summed E-state index contributed by atoms with van der Waals surface area (Å²) in [6, 6.07) is 7.08. The molecule has 0 heterocycles. The molecule has 0 aliphatic carbocycles. The molecule has 0 aliphatic rings. The van der Waals surface area contributed by atoms with Gasteiger partial charge < -0.3 is 10.1 Å². The predicted molar refractivity (Wildman–Crippen MR) is 66.1 cm³/mol. The Hall–Kier alpha value is -2.10. The smallest absolute Gasteiger partial charge is 0.221 e. The van der Waals surface area contributed by atoms with Crippen molar-refractivity contribution in [3.63, 3.8) is 0 Å². The van der Waals surface area contributed by atoms with Gasteiger partial charge in [-0.1, -0.05) is 6.07 Å². The van der Waals surface area contributed by atoms with Gasteiger partial charge in [0.05, 0.1) is 0 Å². The van der Waals surface area contributed by atoms with Crippen LogP contribution in [0, 0.1) is 0 Å². The van der Waals surface area contributed by atoms with Crippen molar-refractivity contribution >= 4 is 17.9 Å². The number of aldehydes is 1. The molecule has 0 aromatic heterocycles. The lowest BCUT2D eigenvalue weighted by atomic mass is 10.3. The molecule has 0 unspecified atom stereocenters. The molecule has 1 rings (SSSR count). The second-order valence-electron chi connectivity index (χ2n) is 3.59. The molecular formula is C13H15NO3. The summed E-state index contributed by atoms with van der Waals surface area (Å²) in [6.45, 7) is 3.49. The van der Waals surface area contributed by atoms with Crippen LogP contribution in [0.4, 0.5) is 5.69 Å². The fraction of sp³-hybridized carbons (Fsp3) is 0.231. The number of allylic oxidation sites excluding steroid dienone is 1. The van der Waals surface area contributed by atoms with E-state index in [4.69, 9.17) is 4.74 Å². The van der Waals surface area contributed by atoms with Crippen molar-refractivity contribution in [3.05, 3.63) is 35.9 Å². The van der Waals surface area contributed by atoms with E-state index in [1.54, 1.807) is 37.3 Å². The number of amides is 1. The van der Waals surface area contributed by atoms with Crippen molar-refractivity contribution in [1.82, 2.24) is 0 Å². The number of nitrogens with one attached hydrogen (secondary N) is 1. The lowest BCUT2D eigenvalue weighted by Gasteiger charge is -2.06. The molecule has 0 saturated heterocycles. The molecule has 0 radical (unpaired) electrons. The van der Waals surface area contributed by atoms with Crippen LogP contribution in [0.1, 0.15) is 13.8 Å². The van der Waals surface area contributed by atoms with Crippen LogP contribution in [0.25, 0.3) is 0 Å². The first-order valence-electron chi connectivity index (χ1n) is 5.24. The van der Waals surface area contributed by atoms with Crippen molar-refractivity contribution in [3.8, 4) is 5.75 Å². The molecule has 90 valence electrons. The second kappa shape index (κ2) is 6.48. The minimum atomic E-state index is -0.126. The molecule has 0 atom stereocenters. The molecule has 17 heavy (non-hydrogen) atoms. The van der Waals surface area contributed by atoms with Crippen molar-refractivity contribution in [1.29, 1.82) is 0 Å². The van der Waals surface area contributed by atoms with E-state index in [2.05, 4.69) is 5.32 Å². The minimum Gasteiger partial charge on any atom is -0.489 e. The van der Waals surface area contributed by atoms with Gasteiger partial charge in [0.2, 0.25) is 5.91 Å². The standard InChI is InChI=1S/C13H15NO3/c1-10(9-15)6-7-17-13-5-3-4-12(8-13)14-11(2)16/h3-6,8-9H,7H2,1-2H3,(H,14,16)/b10-6+. The van der Waals surface area contributed by atoms with Gasteiger partial charge in [-0.25, -0.2) is 0 Å². The van der Waals surface area contributed by atoms with Gasteiger partial charge in [-0.2, -0.15) is 0 Å². The van der Waals surface area contributed by atoms with Crippen LogP contribution in [0.2, 0.25) is 0 Å². The van der Waals surface area contributed by atoms with Crippen LogP contribution in [-0.4, -0.2) is 18.8 Å². The maximum atomic E-state index is 10.9. The molecule has 1 aromatic rings. The molecule has 0 fully saturated rings. The van der Waals surface area contributed by atoms with Gasteiger partial charge in [0.15, 0.2) is 0 Å². The van der Waals surface area contributed by atoms with Gasteiger partial charge in [0, 0.05) is 18.7 Å². The van der Waals surface area contributed by atoms with E-state index >= 15 is 0 Å². The number of carbonyl (C=O) groups excluding carboxylic acids is 2. The predicted octanol–water partition coefficient (Wildman–Crippen LogP) is 2.17. The Kier molecular flexibility index (Phi) is 4.94. The van der Waals surface area contributed by atoms with Gasteiger partial charge in [-0.15, -0.1) is 0 Å². The number of ether oxygens (including phenoxy) is 1. The van der Waals surface area contributed by atoms with E-state index in [1.807, 2.05) is 0 Å². The molecule has 0 aliphatic heterocycles. The Labute approximate surface area is 100 Å². The third-order valence-electron chi connectivity index (χ3n) is 2.00. The number of hydrogen-bond donors (Lipinski definition) is 1. The van der Waals surface area contributed by atoms with Crippen LogP contribution in [0.15, 0.2) is 35.9 Å². The highest BCUT2D eigenvalue weighted by atomic mass is 16.5. The first-order chi connectivity index (χ1) is 8.11. The highest BCUT2D eigenvalue weighted by Gasteiger charge is 1.97. The maximum Gasteiger partial charge on any atom is 0.221 e. The van der Waals surface area contributed by atoms with Gasteiger partial charge in [0.25, 0.3) is 0 Å². The highest BCUT2D eigenvalue weighted by Crippen LogP contribution is 2.17. The van der Waals surface area contributed by atoms with Crippen molar-refractivity contribution in [2.75, 3.05) is 11.9 Å². The Morgan fingerprint density at radius 2 is 2.18 bits per heavy atom. The van der Waals surface area contributed by atoms with Gasteiger partial charge in [0.1, 0.15) is 18.6 Å². The van der Waals surface area contributed by atoms with Crippen molar-refractivity contribution in [2.24, 2.45) is 0 Å². The molecule has 0 bridgehead atoms. The zero-order valence-electron chi connectivity index (χ0n) is 9.90. The first kappa shape index (κ1) is 13.0. The van der Waals surface area contributed by atoms with E-state index in [1.165, 1.54) is 6.92 Å². The van der Waals surface area contributed by atoms with E-state index in [0.29, 0.717) is 23.6 Å². The number of carbonyl (C=O) groups is 2. The molecule has 1 aromatic carbocycles. The van der Waals surface area contributed by atoms with Crippen LogP contribution in [-0.2, 0) is 9.59 Å². The van der Waals surface area contributed by atoms with Crippen LogP contribution >= 0.6 is 0 Å². The summed E-state index contributed by atoms with van der Waals surface area (Å²) in [5.74, 6) is 0.519. The van der Waals surface area contributed by atoms with Crippen molar-refractivity contribution < 1.29 is 14.3 Å². The molecule has 0 saturated carbocycles. The third kappa shape index (κ3) is 4.97. The average molecular weight is 233 g/mol. The fourth-order valence-electron chi connectivity index (χ4n) is 1.18. The normalized spacial score (nSPS) is 10.8. The molecular weight excluding hydrogens is 218 g/mol. The molecule has 0 spiro atoms. The van der Waals surface area contributed by atoms with Crippen LogP contribution in [0.3, 0.4) is 0 Å². The fourth-order valence-corrected chi connectivity index (χ4v) is 1.18. The zero-order valence-corrected chi connectivity index (χ0v) is 9.90. The van der Waals surface area contributed by atoms with Gasteiger partial charge >= 0.3 is 0 Å². The molecule has 1 N–H and O–H groups in total. The number of anilines is 1. The second-order valence-corrected chi connectivity index (χ2v) is 3.59. The summed E-state index contributed by atoms with van der Waals surface area (Å²) in [4.78, 5) is 21.2. The Bertz CT molecular complexity index is 438. The minimum absolute atomic E-state index is 0.126. The lowest BCUT2D eigenvalue weighted by Crippen LogP contribution is -2.05. The monoisotopic (exact) mass is 233 g/mol. The summed E-state index contributed by atoms with van der Waals surface area (Å²) in [6.07, 6.45) is 2.47. The summed E-state index contributed by atoms with van der Waals surface area (Å²) in [5, 5.41) is 2.67. The summed E-state index contributed by atoms with van der Waals surface area (Å²) < 4.78 is 5.41. The Morgan fingerprint density at radius 1 is 1.41 bits per heavy atom. The lowest BCUT2D eigenvalue weighted by molar-refractivity contribution is -0.114. The Balaban J connectivity index is 2.59. The molecule has 4 nitrogen and oxygen atoms in total. The first-order valence-corrected chi connectivity index (χ1v) is 5.24. The number of rotatable bonds is 5.